The van der Waals surface area contributed by atoms with Gasteiger partial charge in [0, 0.05) is 0 Å². The molecular formula is C12H10BrFN2O3S2. The zero-order chi connectivity index (χ0) is 15.5. The molecule has 0 atom stereocenters. The number of sulfonamides is 1. The fraction of sp³-hybridized carbons (Fsp3) is 0.0833. The number of thiophene rings is 1. The Kier molecular flexibility index (Phi) is 5.09. The number of hydrogen-bond acceptors (Lipinski definition) is 4. The Morgan fingerprint density at radius 3 is 2.43 bits per heavy atom. The van der Waals surface area contributed by atoms with Gasteiger partial charge in [-0.3, -0.25) is 10.2 Å². The maximum atomic E-state index is 12.7. The van der Waals surface area contributed by atoms with Crippen molar-refractivity contribution in [3.8, 4) is 0 Å². The van der Waals surface area contributed by atoms with Gasteiger partial charge in [0.2, 0.25) is 5.91 Å². The topological polar surface area (TPSA) is 75.3 Å². The minimum Gasteiger partial charge on any atom is -0.277 e. The molecule has 0 aliphatic heterocycles. The third-order valence-corrected chi connectivity index (χ3v) is 5.78. The highest BCUT2D eigenvalue weighted by atomic mass is 79.9. The number of carbonyl (C=O) groups excluding carboxylic acids is 1. The second-order valence-electron chi connectivity index (χ2n) is 4.02. The largest absolute Gasteiger partial charge is 0.277 e. The van der Waals surface area contributed by atoms with E-state index in [1.165, 1.54) is 30.3 Å². The Morgan fingerprint density at radius 2 is 1.86 bits per heavy atom. The van der Waals surface area contributed by atoms with Gasteiger partial charge in [-0.15, -0.1) is 16.2 Å². The molecule has 0 unspecified atom stereocenters. The molecule has 0 fully saturated rings. The zero-order valence-electron chi connectivity index (χ0n) is 10.5. The van der Waals surface area contributed by atoms with Crippen molar-refractivity contribution in [2.75, 3.05) is 0 Å². The molecule has 1 aromatic carbocycles. The second-order valence-corrected chi connectivity index (χ2v) is 8.39. The van der Waals surface area contributed by atoms with Crippen molar-refractivity contribution in [2.45, 2.75) is 10.6 Å². The van der Waals surface area contributed by atoms with Crippen LogP contribution in [0.15, 0.2) is 44.4 Å². The highest BCUT2D eigenvalue weighted by Crippen LogP contribution is 2.25. The van der Waals surface area contributed by atoms with Crippen molar-refractivity contribution in [1.29, 1.82) is 0 Å². The fourth-order valence-electron chi connectivity index (χ4n) is 1.45. The van der Waals surface area contributed by atoms with Gasteiger partial charge in [-0.05, 0) is 45.8 Å². The van der Waals surface area contributed by atoms with Gasteiger partial charge in [-0.2, -0.15) is 0 Å². The molecule has 0 saturated heterocycles. The first-order chi connectivity index (χ1) is 9.87. The van der Waals surface area contributed by atoms with Crippen LogP contribution in [0.1, 0.15) is 5.56 Å². The molecule has 1 heterocycles. The minimum absolute atomic E-state index is 0.0586. The summed E-state index contributed by atoms with van der Waals surface area (Å²) in [6.45, 7) is 0. The molecule has 2 N–H and O–H groups in total. The van der Waals surface area contributed by atoms with E-state index in [1.807, 2.05) is 4.83 Å². The molecule has 1 aromatic heterocycles. The Morgan fingerprint density at radius 1 is 1.19 bits per heavy atom. The first-order valence-electron chi connectivity index (χ1n) is 5.67. The molecule has 21 heavy (non-hydrogen) atoms. The fourth-order valence-corrected chi connectivity index (χ4v) is 4.32. The van der Waals surface area contributed by atoms with E-state index in [9.17, 15) is 17.6 Å². The van der Waals surface area contributed by atoms with E-state index in [-0.39, 0.29) is 10.6 Å². The lowest BCUT2D eigenvalue weighted by molar-refractivity contribution is -0.120. The summed E-state index contributed by atoms with van der Waals surface area (Å²) in [5.74, 6) is -0.941. The van der Waals surface area contributed by atoms with E-state index in [0.717, 1.165) is 11.3 Å². The first-order valence-corrected chi connectivity index (χ1v) is 8.76. The Labute approximate surface area is 133 Å². The monoisotopic (exact) mass is 392 g/mol. The molecular weight excluding hydrogens is 383 g/mol. The van der Waals surface area contributed by atoms with E-state index in [4.69, 9.17) is 0 Å². The SMILES string of the molecule is O=C(Cc1ccc(F)cc1)NNS(=O)(=O)c1ccc(Br)s1. The normalized spacial score (nSPS) is 11.3. The van der Waals surface area contributed by atoms with Crippen molar-refractivity contribution in [3.05, 3.63) is 51.6 Å². The molecule has 112 valence electrons. The number of hydrogen-bond donors (Lipinski definition) is 2. The van der Waals surface area contributed by atoms with E-state index >= 15 is 0 Å². The third kappa shape index (κ3) is 4.60. The number of amides is 1. The smallest absolute Gasteiger partial charge is 0.266 e. The average Bonchev–Trinajstić information content (AvgIpc) is 2.87. The lowest BCUT2D eigenvalue weighted by Gasteiger charge is -2.07. The molecule has 9 heteroatoms. The standard InChI is InChI=1S/C12H10BrFN2O3S2/c13-10-5-6-12(20-10)21(18,19)16-15-11(17)7-8-1-3-9(14)4-2-8/h1-6,16H,7H2,(H,15,17). The van der Waals surface area contributed by atoms with E-state index < -0.39 is 21.7 Å². The number of rotatable bonds is 5. The number of benzene rings is 1. The summed E-state index contributed by atoms with van der Waals surface area (Å²) in [6.07, 6.45) is -0.0586. The Bertz CT molecular complexity index is 744. The summed E-state index contributed by atoms with van der Waals surface area (Å²) in [4.78, 5) is 13.7. The molecule has 2 aromatic rings. The van der Waals surface area contributed by atoms with Crippen LogP contribution in [0.2, 0.25) is 0 Å². The molecule has 0 aliphatic rings. The Balaban J connectivity index is 1.93. The van der Waals surface area contributed by atoms with Gasteiger partial charge in [0.1, 0.15) is 10.0 Å². The van der Waals surface area contributed by atoms with Crippen LogP contribution in [-0.2, 0) is 21.2 Å². The van der Waals surface area contributed by atoms with Crippen molar-refractivity contribution in [2.24, 2.45) is 0 Å². The van der Waals surface area contributed by atoms with Crippen LogP contribution in [-0.4, -0.2) is 14.3 Å². The van der Waals surface area contributed by atoms with Crippen molar-refractivity contribution in [1.82, 2.24) is 10.3 Å². The predicted molar refractivity (Wildman–Crippen MR) is 80.6 cm³/mol. The molecule has 5 nitrogen and oxygen atoms in total. The summed E-state index contributed by atoms with van der Waals surface area (Å²) in [5, 5.41) is 0. The van der Waals surface area contributed by atoms with Crippen LogP contribution in [0.5, 0.6) is 0 Å². The van der Waals surface area contributed by atoms with Crippen LogP contribution in [0.3, 0.4) is 0 Å². The van der Waals surface area contributed by atoms with Crippen LogP contribution < -0.4 is 10.3 Å². The molecule has 0 aliphatic carbocycles. The number of hydrazine groups is 1. The van der Waals surface area contributed by atoms with Crippen LogP contribution in [0.4, 0.5) is 4.39 Å². The lowest BCUT2D eigenvalue weighted by atomic mass is 10.1. The summed E-state index contributed by atoms with van der Waals surface area (Å²) in [7, 11) is -3.79. The van der Waals surface area contributed by atoms with Crippen LogP contribution in [0, 0.1) is 5.82 Å². The summed E-state index contributed by atoms with van der Waals surface area (Å²) < 4.78 is 37.2. The van der Waals surface area contributed by atoms with Gasteiger partial charge in [-0.1, -0.05) is 12.1 Å². The van der Waals surface area contributed by atoms with Gasteiger partial charge in [0.25, 0.3) is 10.0 Å². The van der Waals surface area contributed by atoms with Crippen LogP contribution in [0.25, 0.3) is 0 Å². The number of halogens is 2. The first kappa shape index (κ1) is 16.1. The molecule has 1 amide bonds. The van der Waals surface area contributed by atoms with Gasteiger partial charge in [-0.25, -0.2) is 12.8 Å². The van der Waals surface area contributed by atoms with Gasteiger partial charge < -0.3 is 0 Å². The molecule has 0 bridgehead atoms. The third-order valence-electron chi connectivity index (χ3n) is 2.42. The van der Waals surface area contributed by atoms with E-state index in [0.29, 0.717) is 9.35 Å². The molecule has 0 saturated carbocycles. The number of nitrogens with one attached hydrogen (secondary N) is 2. The number of carbonyl (C=O) groups is 1. The summed E-state index contributed by atoms with van der Waals surface area (Å²) in [5.41, 5.74) is 2.69. The zero-order valence-corrected chi connectivity index (χ0v) is 13.7. The Hall–Kier alpha value is -1.29. The lowest BCUT2D eigenvalue weighted by Crippen LogP contribution is -2.42. The quantitative estimate of drug-likeness (QED) is 0.765. The van der Waals surface area contributed by atoms with Crippen LogP contribution >= 0.6 is 27.3 Å². The maximum absolute atomic E-state index is 12.7. The highest BCUT2D eigenvalue weighted by Gasteiger charge is 2.17. The summed E-state index contributed by atoms with van der Waals surface area (Å²) >= 11 is 4.19. The van der Waals surface area contributed by atoms with Gasteiger partial charge >= 0.3 is 0 Å². The molecule has 0 spiro atoms. The molecule has 0 radical (unpaired) electrons. The van der Waals surface area contributed by atoms with Crippen molar-refractivity contribution < 1.29 is 17.6 Å². The predicted octanol–water partition coefficient (Wildman–Crippen LogP) is 2.20. The van der Waals surface area contributed by atoms with E-state index in [1.54, 1.807) is 6.07 Å². The average molecular weight is 393 g/mol. The van der Waals surface area contributed by atoms with E-state index in [2.05, 4.69) is 21.4 Å². The van der Waals surface area contributed by atoms with Crippen molar-refractivity contribution >= 4 is 43.2 Å². The molecule has 2 rings (SSSR count). The second kappa shape index (κ2) is 6.65. The summed E-state index contributed by atoms with van der Waals surface area (Å²) in [6, 6.07) is 8.40. The maximum Gasteiger partial charge on any atom is 0.266 e. The van der Waals surface area contributed by atoms with Gasteiger partial charge in [0.15, 0.2) is 0 Å². The van der Waals surface area contributed by atoms with Crippen molar-refractivity contribution in [3.63, 3.8) is 0 Å². The minimum atomic E-state index is -3.79. The van der Waals surface area contributed by atoms with Gasteiger partial charge in [0.05, 0.1) is 10.2 Å². The highest BCUT2D eigenvalue weighted by molar-refractivity contribution is 9.11.